The zero-order chi connectivity index (χ0) is 17.8. The second-order valence-electron chi connectivity index (χ2n) is 6.22. The highest BCUT2D eigenvalue weighted by molar-refractivity contribution is 6.05. The van der Waals surface area contributed by atoms with Crippen molar-refractivity contribution in [1.82, 2.24) is 5.32 Å². The molecule has 2 aromatic rings. The molecule has 0 bridgehead atoms. The number of carbonyl (C=O) groups excluding carboxylic acids is 1. The van der Waals surface area contributed by atoms with Crippen LogP contribution < -0.4 is 16.8 Å². The van der Waals surface area contributed by atoms with Crippen LogP contribution in [0.4, 0.5) is 11.4 Å². The molecule has 1 fully saturated rings. The van der Waals surface area contributed by atoms with E-state index in [1.807, 2.05) is 12.1 Å². The Bertz CT molecular complexity index is 794. The van der Waals surface area contributed by atoms with Gasteiger partial charge in [0.05, 0.1) is 11.4 Å². The van der Waals surface area contributed by atoms with Gasteiger partial charge in [0.1, 0.15) is 11.3 Å². The van der Waals surface area contributed by atoms with Crippen LogP contribution in [0.2, 0.25) is 0 Å². The first-order valence-corrected chi connectivity index (χ1v) is 8.32. The molecule has 0 aliphatic carbocycles. The van der Waals surface area contributed by atoms with E-state index < -0.39 is 5.91 Å². The summed E-state index contributed by atoms with van der Waals surface area (Å²) in [5.74, 6) is -0.444. The van der Waals surface area contributed by atoms with E-state index in [4.69, 9.17) is 11.5 Å². The number of piperidine rings is 1. The van der Waals surface area contributed by atoms with Gasteiger partial charge in [-0.15, -0.1) is 0 Å². The molecule has 0 radical (unpaired) electrons. The van der Waals surface area contributed by atoms with Crippen LogP contribution in [0.3, 0.4) is 0 Å². The lowest BCUT2D eigenvalue weighted by atomic mass is 9.92. The number of hydrogen-bond acceptors (Lipinski definition) is 5. The van der Waals surface area contributed by atoms with Crippen LogP contribution >= 0.6 is 0 Å². The van der Waals surface area contributed by atoms with Crippen molar-refractivity contribution >= 4 is 23.5 Å². The third-order valence-corrected chi connectivity index (χ3v) is 4.52. The van der Waals surface area contributed by atoms with Crippen molar-refractivity contribution in [3.8, 4) is 5.75 Å². The normalized spacial score (nSPS) is 17.7. The van der Waals surface area contributed by atoms with E-state index >= 15 is 0 Å². The Hall–Kier alpha value is -2.86. The van der Waals surface area contributed by atoms with E-state index in [0.717, 1.165) is 18.8 Å². The number of nitrogens with zero attached hydrogens (tertiary/aromatic N) is 1. The topological polar surface area (TPSA) is 114 Å². The van der Waals surface area contributed by atoms with Gasteiger partial charge < -0.3 is 21.9 Å². The molecule has 130 valence electrons. The fraction of sp³-hybridized carbons (Fsp3) is 0.263. The van der Waals surface area contributed by atoms with Crippen molar-refractivity contribution in [2.24, 2.45) is 10.7 Å². The van der Waals surface area contributed by atoms with Gasteiger partial charge in [-0.05, 0) is 55.1 Å². The van der Waals surface area contributed by atoms with Crippen molar-refractivity contribution in [3.63, 3.8) is 0 Å². The fourth-order valence-electron chi connectivity index (χ4n) is 3.11. The molecule has 6 N–H and O–H groups in total. The highest BCUT2D eigenvalue weighted by Gasteiger charge is 2.15. The number of nitrogens with two attached hydrogens (primary N) is 2. The molecule has 6 nitrogen and oxygen atoms in total. The zero-order valence-corrected chi connectivity index (χ0v) is 13.9. The second kappa shape index (κ2) is 7.36. The molecule has 1 atom stereocenters. The van der Waals surface area contributed by atoms with Crippen molar-refractivity contribution in [2.75, 3.05) is 18.8 Å². The second-order valence-corrected chi connectivity index (χ2v) is 6.22. The molecule has 0 aromatic heterocycles. The van der Waals surface area contributed by atoms with Crippen LogP contribution in [0.25, 0.3) is 0 Å². The Morgan fingerprint density at radius 3 is 2.64 bits per heavy atom. The van der Waals surface area contributed by atoms with E-state index in [0.29, 0.717) is 11.5 Å². The molecule has 3 rings (SSSR count). The maximum Gasteiger partial charge on any atom is 0.254 e. The number of carbonyl (C=O) groups is 1. The average molecular weight is 338 g/mol. The van der Waals surface area contributed by atoms with E-state index in [1.54, 1.807) is 12.3 Å². The largest absolute Gasteiger partial charge is 0.507 e. The molecule has 1 heterocycles. The zero-order valence-electron chi connectivity index (χ0n) is 13.9. The number of nitrogen functional groups attached to an aromatic ring is 1. The molecule has 6 heteroatoms. The highest BCUT2D eigenvalue weighted by Crippen LogP contribution is 2.27. The molecule has 1 amide bonds. The summed E-state index contributed by atoms with van der Waals surface area (Å²) < 4.78 is 0. The van der Waals surface area contributed by atoms with Crippen LogP contribution in [0.1, 0.15) is 40.2 Å². The Morgan fingerprint density at radius 2 is 2.00 bits per heavy atom. The fourth-order valence-corrected chi connectivity index (χ4v) is 3.11. The summed E-state index contributed by atoms with van der Waals surface area (Å²) in [6, 6.07) is 11.1. The summed E-state index contributed by atoms with van der Waals surface area (Å²) in [5.41, 5.74) is 13.8. The van der Waals surface area contributed by atoms with Gasteiger partial charge in [-0.25, -0.2) is 0 Å². The molecule has 0 spiro atoms. The lowest BCUT2D eigenvalue weighted by Crippen LogP contribution is -2.28. The Morgan fingerprint density at radius 1 is 1.24 bits per heavy atom. The molecule has 0 saturated carbocycles. The summed E-state index contributed by atoms with van der Waals surface area (Å²) in [5, 5.41) is 13.1. The molecule has 2 aromatic carbocycles. The Balaban J connectivity index is 1.78. The summed E-state index contributed by atoms with van der Waals surface area (Å²) in [6.45, 7) is 2.11. The van der Waals surface area contributed by atoms with Gasteiger partial charge >= 0.3 is 0 Å². The number of aliphatic imine (C=N–C) groups is 1. The number of aromatic hydroxyl groups is 1. The third kappa shape index (κ3) is 3.80. The predicted molar refractivity (Wildman–Crippen MR) is 99.6 cm³/mol. The Kier molecular flexibility index (Phi) is 5.00. The Labute approximate surface area is 146 Å². The maximum atomic E-state index is 11.4. The first-order chi connectivity index (χ1) is 12.1. The number of rotatable bonds is 4. The van der Waals surface area contributed by atoms with Gasteiger partial charge in [-0.3, -0.25) is 9.79 Å². The van der Waals surface area contributed by atoms with Crippen molar-refractivity contribution < 1.29 is 9.90 Å². The van der Waals surface area contributed by atoms with Gasteiger partial charge in [0.2, 0.25) is 0 Å². The monoisotopic (exact) mass is 338 g/mol. The van der Waals surface area contributed by atoms with Gasteiger partial charge in [-0.1, -0.05) is 12.1 Å². The SMILES string of the molecule is NC(=O)c1c(O)ccc(C=Nc2ccc([C@@H]3CCCNC3)cc2)c1N. The molecule has 0 unspecified atom stereocenters. The summed E-state index contributed by atoms with van der Waals surface area (Å²) in [4.78, 5) is 15.8. The molecule has 1 saturated heterocycles. The van der Waals surface area contributed by atoms with Gasteiger partial charge in [-0.2, -0.15) is 0 Å². The van der Waals surface area contributed by atoms with Crippen LogP contribution in [0.15, 0.2) is 41.4 Å². The van der Waals surface area contributed by atoms with Gasteiger partial charge in [0.15, 0.2) is 0 Å². The predicted octanol–water partition coefficient (Wildman–Crippen LogP) is 2.29. The maximum absolute atomic E-state index is 11.4. The molecule has 25 heavy (non-hydrogen) atoms. The number of amides is 1. The lowest BCUT2D eigenvalue weighted by molar-refractivity contribution is 0.0998. The summed E-state index contributed by atoms with van der Waals surface area (Å²) in [6.07, 6.45) is 3.97. The van der Waals surface area contributed by atoms with Crippen LogP contribution in [0, 0.1) is 0 Å². The number of hydrogen-bond donors (Lipinski definition) is 4. The van der Waals surface area contributed by atoms with Crippen LogP contribution in [-0.2, 0) is 0 Å². The van der Waals surface area contributed by atoms with Crippen molar-refractivity contribution in [1.29, 1.82) is 0 Å². The first kappa shape index (κ1) is 17.0. The van der Waals surface area contributed by atoms with Gasteiger partial charge in [0.25, 0.3) is 5.91 Å². The molecular formula is C19H22N4O2. The van der Waals surface area contributed by atoms with Crippen molar-refractivity contribution in [3.05, 3.63) is 53.1 Å². The minimum absolute atomic E-state index is 0.0795. The van der Waals surface area contributed by atoms with E-state index in [-0.39, 0.29) is 17.0 Å². The van der Waals surface area contributed by atoms with Crippen molar-refractivity contribution in [2.45, 2.75) is 18.8 Å². The van der Waals surface area contributed by atoms with Gasteiger partial charge in [0, 0.05) is 18.3 Å². The first-order valence-electron chi connectivity index (χ1n) is 8.32. The number of benzene rings is 2. The van der Waals surface area contributed by atoms with E-state index in [2.05, 4.69) is 22.4 Å². The minimum Gasteiger partial charge on any atom is -0.507 e. The van der Waals surface area contributed by atoms with E-state index in [1.165, 1.54) is 24.5 Å². The average Bonchev–Trinajstić information content (AvgIpc) is 2.62. The van der Waals surface area contributed by atoms with E-state index in [9.17, 15) is 9.90 Å². The lowest BCUT2D eigenvalue weighted by Gasteiger charge is -2.23. The standard InChI is InChI=1S/C19H22N4O2/c20-18-14(5-8-16(24)17(18)19(21)25)11-23-15-6-3-12(4-7-15)13-2-1-9-22-10-13/h3-8,11,13,22,24H,1-2,9-10,20H2,(H2,21,25)/t13-/m1/s1. The molecule has 1 aliphatic heterocycles. The third-order valence-electron chi connectivity index (χ3n) is 4.52. The number of nitrogens with one attached hydrogen (secondary N) is 1. The summed E-state index contributed by atoms with van der Waals surface area (Å²) in [7, 11) is 0. The minimum atomic E-state index is -0.768. The van der Waals surface area contributed by atoms with Crippen LogP contribution in [-0.4, -0.2) is 30.3 Å². The van der Waals surface area contributed by atoms with Crippen LogP contribution in [0.5, 0.6) is 5.75 Å². The summed E-state index contributed by atoms with van der Waals surface area (Å²) >= 11 is 0. The molecule has 1 aliphatic rings. The molecular weight excluding hydrogens is 316 g/mol. The quantitative estimate of drug-likeness (QED) is 0.506. The number of primary amides is 1. The highest BCUT2D eigenvalue weighted by atomic mass is 16.3. The smallest absolute Gasteiger partial charge is 0.254 e. The number of phenols is 1. The number of anilines is 1.